The Morgan fingerprint density at radius 1 is 1.80 bits per heavy atom. The summed E-state index contributed by atoms with van der Waals surface area (Å²) in [6.07, 6.45) is 4.28. The van der Waals surface area contributed by atoms with Gasteiger partial charge >= 0.3 is 50.7 Å². The fraction of sp³-hybridized carbons (Fsp3) is 0.500. The van der Waals surface area contributed by atoms with Gasteiger partial charge in [-0.2, -0.15) is 0 Å². The topological polar surface area (TPSA) is 0 Å². The summed E-state index contributed by atoms with van der Waals surface area (Å²) in [5, 5.41) is 0. The Kier molecular flexibility index (Phi) is 5.44. The molecule has 0 spiro atoms. The van der Waals surface area contributed by atoms with Crippen molar-refractivity contribution in [3.05, 3.63) is 12.2 Å². The Bertz CT molecular complexity index is 30.6. The zero-order chi connectivity index (χ0) is 4.12. The summed E-state index contributed by atoms with van der Waals surface area (Å²) in [6.45, 7) is 2.05. The first-order chi connectivity index (χ1) is 2.41. The van der Waals surface area contributed by atoms with E-state index in [-0.39, 0.29) is 0 Å². The molecule has 0 rings (SSSR count). The molecular weight excluding hydrogens is 71.0 g/mol. The van der Waals surface area contributed by atoms with Gasteiger partial charge in [0.25, 0.3) is 0 Å². The standard InChI is InChI=1S/C4H7.Na/c1-3-4-2;/h3-4H,1H2,2H3;/b4-3+;. The van der Waals surface area contributed by atoms with Crippen molar-refractivity contribution < 1.29 is 0 Å². The number of hydrogen-bond acceptors (Lipinski definition) is 0. The molecule has 0 fully saturated rings. The Balaban J connectivity index is 2.62. The molecule has 0 unspecified atom stereocenters. The van der Waals surface area contributed by atoms with E-state index in [0.29, 0.717) is 0 Å². The predicted molar refractivity (Wildman–Crippen MR) is 25.4 cm³/mol. The normalized spacial score (nSPS) is 10.2. The summed E-state index contributed by atoms with van der Waals surface area (Å²) in [6, 6.07) is 0. The van der Waals surface area contributed by atoms with Gasteiger partial charge in [0, 0.05) is 0 Å². The Labute approximate surface area is 50.7 Å². The molecule has 0 aliphatic heterocycles. The molecule has 24 valence electrons. The second-order valence-corrected chi connectivity index (χ2v) is 1.79. The van der Waals surface area contributed by atoms with E-state index in [4.69, 9.17) is 0 Å². The van der Waals surface area contributed by atoms with Gasteiger partial charge in [-0.1, -0.05) is 0 Å². The maximum atomic E-state index is 2.19. The van der Waals surface area contributed by atoms with Crippen LogP contribution in [0, 0.1) is 0 Å². The van der Waals surface area contributed by atoms with Gasteiger partial charge in [0.15, 0.2) is 0 Å². The molecule has 5 heavy (non-hydrogen) atoms. The van der Waals surface area contributed by atoms with E-state index in [1.165, 1.54) is 31.6 Å². The minimum atomic E-state index is 1.30. The number of hydrogen-bond donors (Lipinski definition) is 0. The van der Waals surface area contributed by atoms with E-state index in [2.05, 4.69) is 19.1 Å². The molecule has 0 aromatic rings. The van der Waals surface area contributed by atoms with Gasteiger partial charge in [-0.15, -0.1) is 0 Å². The van der Waals surface area contributed by atoms with Crippen LogP contribution in [0.4, 0.5) is 0 Å². The molecule has 0 aliphatic carbocycles. The Hall–Kier alpha value is 0.740. The summed E-state index contributed by atoms with van der Waals surface area (Å²) in [5.41, 5.74) is 0. The van der Waals surface area contributed by atoms with Gasteiger partial charge in [-0.25, -0.2) is 0 Å². The molecule has 0 heterocycles. The van der Waals surface area contributed by atoms with Crippen molar-refractivity contribution in [3.63, 3.8) is 0 Å². The molecule has 0 N–H and O–H groups in total. The molecule has 0 nitrogen and oxygen atoms in total. The molecule has 0 saturated heterocycles. The van der Waals surface area contributed by atoms with E-state index < -0.39 is 0 Å². The predicted octanol–water partition coefficient (Wildman–Crippen LogP) is 1.15. The van der Waals surface area contributed by atoms with Crippen molar-refractivity contribution in [2.75, 3.05) is 0 Å². The number of rotatable bonds is 1. The number of allylic oxidation sites excluding steroid dienone is 2. The zero-order valence-electron chi connectivity index (χ0n) is 3.86. The molecular formula is C4H7Na. The van der Waals surface area contributed by atoms with E-state index >= 15 is 0 Å². The second-order valence-electron chi connectivity index (χ2n) is 0.977. The summed E-state index contributed by atoms with van der Waals surface area (Å²) < 4.78 is 1.30. The van der Waals surface area contributed by atoms with Gasteiger partial charge in [0.05, 0.1) is 0 Å². The van der Waals surface area contributed by atoms with Gasteiger partial charge in [0.1, 0.15) is 0 Å². The quantitative estimate of drug-likeness (QED) is 0.326. The van der Waals surface area contributed by atoms with Crippen LogP contribution in [-0.4, -0.2) is 27.9 Å². The maximum absolute atomic E-state index is 2.19. The minimum absolute atomic E-state index is 1.30. The SMILES string of the molecule is C/C=C/[CH2][Na]. The second kappa shape index (κ2) is 4.74. The van der Waals surface area contributed by atoms with Crippen LogP contribution < -0.4 is 0 Å². The van der Waals surface area contributed by atoms with Crippen molar-refractivity contribution in [2.24, 2.45) is 0 Å². The van der Waals surface area contributed by atoms with Crippen molar-refractivity contribution >= 4 is 27.9 Å². The van der Waals surface area contributed by atoms with Crippen LogP contribution in [0.3, 0.4) is 0 Å². The van der Waals surface area contributed by atoms with Crippen LogP contribution in [0.2, 0.25) is 3.67 Å². The fourth-order valence-electron chi connectivity index (χ4n) is 0.236. The molecule has 1 heteroatoms. The zero-order valence-corrected chi connectivity index (χ0v) is 5.86. The van der Waals surface area contributed by atoms with Gasteiger partial charge in [-0.3, -0.25) is 0 Å². The van der Waals surface area contributed by atoms with Crippen LogP contribution >= 0.6 is 0 Å². The summed E-state index contributed by atoms with van der Waals surface area (Å²) in [4.78, 5) is 0. The van der Waals surface area contributed by atoms with Crippen LogP contribution in [-0.2, 0) is 0 Å². The fourth-order valence-corrected chi connectivity index (χ4v) is 0.707. The Morgan fingerprint density at radius 3 is 2.40 bits per heavy atom. The van der Waals surface area contributed by atoms with E-state index in [9.17, 15) is 0 Å². The monoisotopic (exact) mass is 78.0 g/mol. The molecule has 0 aromatic carbocycles. The van der Waals surface area contributed by atoms with Crippen molar-refractivity contribution in [1.29, 1.82) is 0 Å². The Morgan fingerprint density at radius 2 is 2.40 bits per heavy atom. The first-order valence-electron chi connectivity index (χ1n) is 2.03. The van der Waals surface area contributed by atoms with Crippen molar-refractivity contribution in [2.45, 2.75) is 10.6 Å². The molecule has 0 atom stereocenters. The van der Waals surface area contributed by atoms with E-state index in [1.807, 2.05) is 0 Å². The molecule has 0 aromatic heterocycles. The molecule has 0 aliphatic rings. The molecule has 0 radical (unpaired) electrons. The summed E-state index contributed by atoms with van der Waals surface area (Å²) >= 11 is 1.31. The van der Waals surface area contributed by atoms with Gasteiger partial charge < -0.3 is 0 Å². The average molecular weight is 78.1 g/mol. The average Bonchev–Trinajstić information content (AvgIpc) is 1.41. The van der Waals surface area contributed by atoms with Crippen LogP contribution in [0.1, 0.15) is 6.92 Å². The summed E-state index contributed by atoms with van der Waals surface area (Å²) in [5.74, 6) is 0. The van der Waals surface area contributed by atoms with Crippen molar-refractivity contribution in [3.8, 4) is 0 Å². The van der Waals surface area contributed by atoms with Gasteiger partial charge in [-0.05, 0) is 0 Å². The van der Waals surface area contributed by atoms with Crippen LogP contribution in [0.15, 0.2) is 12.2 Å². The third-order valence-corrected chi connectivity index (χ3v) is 0.943. The first kappa shape index (κ1) is 5.74. The van der Waals surface area contributed by atoms with E-state index in [1.54, 1.807) is 0 Å². The van der Waals surface area contributed by atoms with Crippen LogP contribution in [0.5, 0.6) is 0 Å². The summed E-state index contributed by atoms with van der Waals surface area (Å²) in [7, 11) is 0. The van der Waals surface area contributed by atoms with Gasteiger partial charge in [0.2, 0.25) is 0 Å². The first-order valence-corrected chi connectivity index (χ1v) is 3.44. The van der Waals surface area contributed by atoms with E-state index in [0.717, 1.165) is 0 Å². The molecule has 0 bridgehead atoms. The third-order valence-electron chi connectivity index (χ3n) is 0.471. The van der Waals surface area contributed by atoms with Crippen LogP contribution in [0.25, 0.3) is 0 Å². The molecule has 0 saturated carbocycles. The van der Waals surface area contributed by atoms with Crippen molar-refractivity contribution in [1.82, 2.24) is 0 Å². The molecule has 0 amide bonds. The third kappa shape index (κ3) is 4.74.